The van der Waals surface area contributed by atoms with Crippen LogP contribution in [0, 0.1) is 0 Å². The molecule has 0 aromatic heterocycles. The minimum Gasteiger partial charge on any atom is -0.495 e. The molecular weight excluding hydrogens is 388 g/mol. The van der Waals surface area contributed by atoms with Gasteiger partial charge in [-0.25, -0.2) is 0 Å². The number of piperazine rings is 1. The van der Waals surface area contributed by atoms with Crippen molar-refractivity contribution in [3.63, 3.8) is 0 Å². The van der Waals surface area contributed by atoms with Gasteiger partial charge in [0, 0.05) is 0 Å². The average molecular weight is 420 g/mol. The molecule has 0 saturated carbocycles. The highest BCUT2D eigenvalue weighted by Gasteiger charge is 2.24. The summed E-state index contributed by atoms with van der Waals surface area (Å²) in [4.78, 5) is 3.76. The largest absolute Gasteiger partial charge is 0.495 e. The van der Waals surface area contributed by atoms with E-state index in [1.165, 1.54) is 10.5 Å². The summed E-state index contributed by atoms with van der Waals surface area (Å²) < 4.78 is 11.3. The van der Waals surface area contributed by atoms with E-state index in [0.717, 1.165) is 48.9 Å². The number of methoxy groups -OCH3 is 1. The number of aliphatic hydroxyl groups is 1. The molecule has 1 atom stereocenters. The van der Waals surface area contributed by atoms with Gasteiger partial charge in [-0.3, -0.25) is 0 Å². The minimum absolute atomic E-state index is 0.310. The normalized spacial score (nSPS) is 15.5. The second-order valence-corrected chi connectivity index (χ2v) is 7.97. The summed E-state index contributed by atoms with van der Waals surface area (Å²) >= 11 is 0. The summed E-state index contributed by atoms with van der Waals surface area (Å²) in [5.74, 6) is 1.70. The maximum Gasteiger partial charge on any atom is 0.142 e. The van der Waals surface area contributed by atoms with Gasteiger partial charge in [-0.1, -0.05) is 54.6 Å². The third-order valence-electron chi connectivity index (χ3n) is 5.82. The van der Waals surface area contributed by atoms with Gasteiger partial charge in [0.2, 0.25) is 0 Å². The Balaban J connectivity index is 1.22. The Morgan fingerprint density at radius 2 is 1.52 bits per heavy atom. The molecule has 0 bridgehead atoms. The summed E-state index contributed by atoms with van der Waals surface area (Å²) in [6.07, 6.45) is -0.485. The first-order chi connectivity index (χ1) is 15.2. The van der Waals surface area contributed by atoms with Crippen molar-refractivity contribution in [3.8, 4) is 22.6 Å². The van der Waals surface area contributed by atoms with E-state index in [1.54, 1.807) is 7.11 Å². The average Bonchev–Trinajstić information content (AvgIpc) is 2.84. The van der Waals surface area contributed by atoms with Crippen LogP contribution in [0.1, 0.15) is 0 Å². The molecule has 5 heteroatoms. The highest BCUT2D eigenvalue weighted by molar-refractivity contribution is 5.63. The topological polar surface area (TPSA) is 46.4 Å². The van der Waals surface area contributed by atoms with Gasteiger partial charge in [0.1, 0.15) is 30.8 Å². The molecule has 0 unspecified atom stereocenters. The number of nitrogens with one attached hydrogen (secondary N) is 1. The van der Waals surface area contributed by atoms with Crippen molar-refractivity contribution in [2.75, 3.05) is 51.3 Å². The van der Waals surface area contributed by atoms with Crippen LogP contribution in [0.4, 0.5) is 5.69 Å². The first-order valence-corrected chi connectivity index (χ1v) is 10.9. The van der Waals surface area contributed by atoms with Crippen molar-refractivity contribution in [2.24, 2.45) is 0 Å². The number of hydrogen-bond donors (Lipinski definition) is 2. The molecule has 1 saturated heterocycles. The van der Waals surface area contributed by atoms with Crippen LogP contribution in [0.3, 0.4) is 0 Å². The fourth-order valence-electron chi connectivity index (χ4n) is 4.12. The van der Waals surface area contributed by atoms with E-state index < -0.39 is 6.10 Å². The second kappa shape index (κ2) is 10.3. The van der Waals surface area contributed by atoms with Gasteiger partial charge < -0.3 is 24.4 Å². The van der Waals surface area contributed by atoms with E-state index in [-0.39, 0.29) is 0 Å². The molecule has 0 amide bonds. The summed E-state index contributed by atoms with van der Waals surface area (Å²) in [5.41, 5.74) is 3.49. The summed E-state index contributed by atoms with van der Waals surface area (Å²) in [5, 5.41) is 10.5. The van der Waals surface area contributed by atoms with Crippen LogP contribution >= 0.6 is 0 Å². The quantitative estimate of drug-likeness (QED) is 0.589. The van der Waals surface area contributed by atoms with Crippen LogP contribution in [0.2, 0.25) is 0 Å². The highest BCUT2D eigenvalue weighted by Crippen LogP contribution is 2.27. The molecule has 1 heterocycles. The fraction of sp³-hybridized carbons (Fsp3) is 0.308. The third-order valence-corrected chi connectivity index (χ3v) is 5.82. The van der Waals surface area contributed by atoms with Crippen molar-refractivity contribution >= 4 is 5.69 Å². The summed E-state index contributed by atoms with van der Waals surface area (Å²) in [6, 6.07) is 26.5. The predicted octanol–water partition coefficient (Wildman–Crippen LogP) is 2.51. The van der Waals surface area contributed by atoms with Crippen LogP contribution in [-0.2, 0) is 0 Å². The molecule has 1 fully saturated rings. The minimum atomic E-state index is -0.485. The van der Waals surface area contributed by atoms with Crippen LogP contribution < -0.4 is 19.3 Å². The number of nitrogens with zero attached hydrogens (tertiary/aromatic N) is 1. The first kappa shape index (κ1) is 21.2. The number of benzene rings is 3. The standard InChI is InChI=1S/C26H30N2O3/c1-30-26-10-6-5-9-25(26)28-17-15-27(16-18-28)19-23(29)20-31-24-13-11-22(12-14-24)21-7-3-2-4-8-21/h2-14,23,29H,15-20H2,1H3/p+1/t23-/m0/s1. The van der Waals surface area contributed by atoms with E-state index >= 15 is 0 Å². The molecule has 1 aliphatic heterocycles. The lowest BCUT2D eigenvalue weighted by Gasteiger charge is -2.35. The van der Waals surface area contributed by atoms with Crippen LogP contribution in [0.25, 0.3) is 11.1 Å². The van der Waals surface area contributed by atoms with Gasteiger partial charge in [-0.2, -0.15) is 0 Å². The number of rotatable bonds is 8. The molecular formula is C26H31N2O3+. The van der Waals surface area contributed by atoms with Crippen LogP contribution in [-0.4, -0.2) is 57.7 Å². The number of para-hydroxylation sites is 2. The lowest BCUT2D eigenvalue weighted by molar-refractivity contribution is -0.903. The molecule has 3 aromatic rings. The van der Waals surface area contributed by atoms with E-state index in [4.69, 9.17) is 9.47 Å². The molecule has 4 rings (SSSR count). The number of quaternary nitrogens is 1. The second-order valence-electron chi connectivity index (χ2n) is 7.97. The molecule has 162 valence electrons. The lowest BCUT2D eigenvalue weighted by Crippen LogP contribution is -3.16. The zero-order valence-corrected chi connectivity index (χ0v) is 18.0. The lowest BCUT2D eigenvalue weighted by atomic mass is 10.1. The number of ether oxygens (including phenoxy) is 2. The Morgan fingerprint density at radius 1 is 0.871 bits per heavy atom. The van der Waals surface area contributed by atoms with Gasteiger partial charge in [0.05, 0.1) is 39.0 Å². The Bertz CT molecular complexity index is 938. The van der Waals surface area contributed by atoms with Gasteiger partial charge in [0.15, 0.2) is 0 Å². The van der Waals surface area contributed by atoms with E-state index in [2.05, 4.69) is 35.2 Å². The Morgan fingerprint density at radius 3 is 2.23 bits per heavy atom. The van der Waals surface area contributed by atoms with Crippen molar-refractivity contribution in [1.82, 2.24) is 0 Å². The van der Waals surface area contributed by atoms with Crippen LogP contribution in [0.5, 0.6) is 11.5 Å². The smallest absolute Gasteiger partial charge is 0.142 e. The Hall–Kier alpha value is -3.02. The highest BCUT2D eigenvalue weighted by atomic mass is 16.5. The van der Waals surface area contributed by atoms with Crippen LogP contribution in [0.15, 0.2) is 78.9 Å². The maximum absolute atomic E-state index is 10.5. The summed E-state index contributed by atoms with van der Waals surface area (Å²) in [6.45, 7) is 4.88. The van der Waals surface area contributed by atoms with E-state index in [0.29, 0.717) is 13.2 Å². The molecule has 2 N–H and O–H groups in total. The molecule has 5 nitrogen and oxygen atoms in total. The number of aliphatic hydroxyl groups excluding tert-OH is 1. The van der Waals surface area contributed by atoms with Crippen molar-refractivity contribution < 1.29 is 19.5 Å². The molecule has 1 aliphatic rings. The van der Waals surface area contributed by atoms with Gasteiger partial charge in [0.25, 0.3) is 0 Å². The molecule has 31 heavy (non-hydrogen) atoms. The number of anilines is 1. The third kappa shape index (κ3) is 5.57. The zero-order chi connectivity index (χ0) is 21.5. The Kier molecular flexibility index (Phi) is 7.07. The maximum atomic E-state index is 10.5. The molecule has 0 radical (unpaired) electrons. The fourth-order valence-corrected chi connectivity index (χ4v) is 4.12. The molecule has 0 aliphatic carbocycles. The van der Waals surface area contributed by atoms with E-state index in [1.807, 2.05) is 48.5 Å². The van der Waals surface area contributed by atoms with E-state index in [9.17, 15) is 5.11 Å². The first-order valence-electron chi connectivity index (χ1n) is 10.9. The van der Waals surface area contributed by atoms with Crippen molar-refractivity contribution in [3.05, 3.63) is 78.9 Å². The Labute approximate surface area is 184 Å². The SMILES string of the molecule is COc1ccccc1N1CC[NH+](C[C@H](O)COc2ccc(-c3ccccc3)cc2)CC1. The zero-order valence-electron chi connectivity index (χ0n) is 18.0. The molecule has 0 spiro atoms. The van der Waals surface area contributed by atoms with Crippen molar-refractivity contribution in [1.29, 1.82) is 0 Å². The summed E-state index contributed by atoms with van der Waals surface area (Å²) in [7, 11) is 1.71. The predicted molar refractivity (Wildman–Crippen MR) is 124 cm³/mol. The number of hydrogen-bond acceptors (Lipinski definition) is 4. The van der Waals surface area contributed by atoms with Crippen molar-refractivity contribution in [2.45, 2.75) is 6.10 Å². The van der Waals surface area contributed by atoms with Gasteiger partial charge >= 0.3 is 0 Å². The van der Waals surface area contributed by atoms with Gasteiger partial charge in [-0.15, -0.1) is 0 Å². The monoisotopic (exact) mass is 419 g/mol. The van der Waals surface area contributed by atoms with Gasteiger partial charge in [-0.05, 0) is 35.4 Å². The molecule has 3 aromatic carbocycles.